The van der Waals surface area contributed by atoms with E-state index in [0.717, 1.165) is 23.8 Å². The smallest absolute Gasteiger partial charge is 0.138 e. The van der Waals surface area contributed by atoms with E-state index in [1.807, 2.05) is 0 Å². The second kappa shape index (κ2) is 5.17. The summed E-state index contributed by atoms with van der Waals surface area (Å²) in [4.78, 5) is 0. The number of furan rings is 1. The van der Waals surface area contributed by atoms with Crippen LogP contribution >= 0.6 is 0 Å². The fraction of sp³-hybridized carbons (Fsp3) is 0.579. The van der Waals surface area contributed by atoms with Crippen LogP contribution in [0.1, 0.15) is 63.5 Å². The second-order valence-corrected chi connectivity index (χ2v) is 7.44. The third kappa shape index (κ3) is 2.74. The molecule has 1 aromatic carbocycles. The van der Waals surface area contributed by atoms with E-state index in [-0.39, 0.29) is 5.41 Å². The van der Waals surface area contributed by atoms with Gasteiger partial charge in [-0.25, -0.2) is 0 Å². The van der Waals surface area contributed by atoms with Crippen LogP contribution in [0, 0.1) is 12.8 Å². The van der Waals surface area contributed by atoms with Crippen molar-refractivity contribution < 1.29 is 4.42 Å². The van der Waals surface area contributed by atoms with Crippen LogP contribution in [0.2, 0.25) is 0 Å². The van der Waals surface area contributed by atoms with Crippen LogP contribution in [0.4, 0.5) is 0 Å². The third-order valence-corrected chi connectivity index (χ3v) is 4.55. The van der Waals surface area contributed by atoms with Crippen molar-refractivity contribution in [1.82, 2.24) is 5.32 Å². The zero-order chi connectivity index (χ0) is 15.2. The summed E-state index contributed by atoms with van der Waals surface area (Å²) >= 11 is 0. The highest BCUT2D eigenvalue weighted by Crippen LogP contribution is 2.43. The minimum atomic E-state index is 0.105. The number of aryl methyl sites for hydroxylation is 1. The summed E-state index contributed by atoms with van der Waals surface area (Å²) in [6.07, 6.45) is 2.64. The van der Waals surface area contributed by atoms with Gasteiger partial charge in [-0.05, 0) is 49.3 Å². The van der Waals surface area contributed by atoms with Crippen molar-refractivity contribution in [2.24, 2.45) is 5.92 Å². The number of fused-ring (bicyclic) bond motifs is 1. The zero-order valence-corrected chi connectivity index (χ0v) is 13.9. The average Bonchev–Trinajstić information content (AvgIpc) is 3.13. The first-order valence-corrected chi connectivity index (χ1v) is 8.18. The molecule has 3 rings (SSSR count). The topological polar surface area (TPSA) is 25.2 Å². The van der Waals surface area contributed by atoms with Gasteiger partial charge >= 0.3 is 0 Å². The molecule has 0 bridgehead atoms. The Morgan fingerprint density at radius 1 is 1.29 bits per heavy atom. The number of hydrogen-bond donors (Lipinski definition) is 1. The molecule has 114 valence electrons. The summed E-state index contributed by atoms with van der Waals surface area (Å²) in [7, 11) is 0. The normalized spacial score (nSPS) is 17.4. The van der Waals surface area contributed by atoms with Gasteiger partial charge in [0.25, 0.3) is 0 Å². The minimum absolute atomic E-state index is 0.105. The molecule has 2 aromatic rings. The van der Waals surface area contributed by atoms with Gasteiger partial charge in [-0.3, -0.25) is 0 Å². The van der Waals surface area contributed by atoms with E-state index in [1.165, 1.54) is 29.4 Å². The molecule has 1 fully saturated rings. The molecule has 0 aliphatic heterocycles. The van der Waals surface area contributed by atoms with Crippen molar-refractivity contribution in [2.45, 2.75) is 58.9 Å². The van der Waals surface area contributed by atoms with Gasteiger partial charge in [0.15, 0.2) is 0 Å². The molecule has 1 aliphatic rings. The monoisotopic (exact) mass is 285 g/mol. The predicted molar refractivity (Wildman–Crippen MR) is 88.8 cm³/mol. The lowest BCUT2D eigenvalue weighted by Gasteiger charge is -2.19. The lowest BCUT2D eigenvalue weighted by atomic mass is 9.85. The molecule has 1 unspecified atom stereocenters. The van der Waals surface area contributed by atoms with Crippen molar-refractivity contribution >= 4 is 11.0 Å². The maximum absolute atomic E-state index is 6.36. The maximum Gasteiger partial charge on any atom is 0.138 e. The molecule has 21 heavy (non-hydrogen) atoms. The molecule has 0 spiro atoms. The lowest BCUT2D eigenvalue weighted by molar-refractivity contribution is 0.400. The van der Waals surface area contributed by atoms with E-state index in [0.29, 0.717) is 6.04 Å². The summed E-state index contributed by atoms with van der Waals surface area (Å²) in [5.41, 5.74) is 3.80. The summed E-state index contributed by atoms with van der Waals surface area (Å²) < 4.78 is 6.36. The Labute approximate surface area is 127 Å². The predicted octanol–water partition coefficient (Wildman–Crippen LogP) is 5.10. The van der Waals surface area contributed by atoms with Gasteiger partial charge in [0.1, 0.15) is 11.3 Å². The number of hydrogen-bond acceptors (Lipinski definition) is 2. The zero-order valence-electron chi connectivity index (χ0n) is 13.9. The molecule has 2 heteroatoms. The van der Waals surface area contributed by atoms with Gasteiger partial charge in [-0.15, -0.1) is 0 Å². The number of nitrogens with one attached hydrogen (secondary N) is 1. The van der Waals surface area contributed by atoms with Crippen LogP contribution < -0.4 is 5.32 Å². The van der Waals surface area contributed by atoms with Crippen molar-refractivity contribution in [3.63, 3.8) is 0 Å². The number of rotatable bonds is 4. The van der Waals surface area contributed by atoms with Gasteiger partial charge < -0.3 is 9.73 Å². The molecule has 1 saturated carbocycles. The summed E-state index contributed by atoms with van der Waals surface area (Å²) in [5.74, 6) is 1.87. The maximum atomic E-state index is 6.36. The van der Waals surface area contributed by atoms with Crippen LogP contribution in [0.3, 0.4) is 0 Å². The van der Waals surface area contributed by atoms with E-state index >= 15 is 0 Å². The van der Waals surface area contributed by atoms with E-state index in [1.54, 1.807) is 0 Å². The molecule has 1 N–H and O–H groups in total. The molecule has 1 aliphatic carbocycles. The Kier molecular flexibility index (Phi) is 3.61. The van der Waals surface area contributed by atoms with E-state index < -0.39 is 0 Å². The molecule has 1 heterocycles. The molecular weight excluding hydrogens is 258 g/mol. The van der Waals surface area contributed by atoms with Crippen LogP contribution in [0.15, 0.2) is 22.6 Å². The van der Waals surface area contributed by atoms with Gasteiger partial charge in [-0.2, -0.15) is 0 Å². The standard InChI is InChI=1S/C19H27NO/c1-6-20-17(13-8-9-13)16-11-14-12(2)7-10-15(18(14)21-16)19(3,4)5/h7,10-11,13,17,20H,6,8-9H2,1-5H3. The first-order chi connectivity index (χ1) is 9.91. The number of benzene rings is 1. The Bertz CT molecular complexity index is 643. The summed E-state index contributed by atoms with van der Waals surface area (Å²) in [6.45, 7) is 12.1. The Morgan fingerprint density at radius 2 is 2.00 bits per heavy atom. The van der Waals surface area contributed by atoms with Crippen LogP contribution in [0.5, 0.6) is 0 Å². The first kappa shape index (κ1) is 14.6. The Hall–Kier alpha value is -1.28. The van der Waals surface area contributed by atoms with E-state index in [9.17, 15) is 0 Å². The van der Waals surface area contributed by atoms with E-state index in [2.05, 4.69) is 58.1 Å². The lowest BCUT2D eigenvalue weighted by Crippen LogP contribution is -2.22. The minimum Gasteiger partial charge on any atom is -0.459 e. The van der Waals surface area contributed by atoms with Gasteiger partial charge in [0.05, 0.1) is 6.04 Å². The van der Waals surface area contributed by atoms with Gasteiger partial charge in [0, 0.05) is 10.9 Å². The molecule has 0 saturated heterocycles. The van der Waals surface area contributed by atoms with Crippen molar-refractivity contribution in [3.8, 4) is 0 Å². The summed E-state index contributed by atoms with van der Waals surface area (Å²) in [5, 5.41) is 4.88. The van der Waals surface area contributed by atoms with Crippen molar-refractivity contribution in [3.05, 3.63) is 35.1 Å². The average molecular weight is 285 g/mol. The highest BCUT2D eigenvalue weighted by Gasteiger charge is 2.34. The van der Waals surface area contributed by atoms with Crippen molar-refractivity contribution in [1.29, 1.82) is 0 Å². The highest BCUT2D eigenvalue weighted by molar-refractivity contribution is 5.85. The second-order valence-electron chi connectivity index (χ2n) is 7.44. The fourth-order valence-electron chi connectivity index (χ4n) is 3.17. The third-order valence-electron chi connectivity index (χ3n) is 4.55. The van der Waals surface area contributed by atoms with Crippen molar-refractivity contribution in [2.75, 3.05) is 6.54 Å². The molecular formula is C19H27NO. The molecule has 0 amide bonds. The molecule has 2 nitrogen and oxygen atoms in total. The highest BCUT2D eigenvalue weighted by atomic mass is 16.3. The molecule has 0 radical (unpaired) electrons. The first-order valence-electron chi connectivity index (χ1n) is 8.18. The largest absolute Gasteiger partial charge is 0.459 e. The van der Waals surface area contributed by atoms with Gasteiger partial charge in [-0.1, -0.05) is 39.8 Å². The van der Waals surface area contributed by atoms with Crippen LogP contribution in [-0.4, -0.2) is 6.54 Å². The van der Waals surface area contributed by atoms with Crippen LogP contribution in [0.25, 0.3) is 11.0 Å². The van der Waals surface area contributed by atoms with Gasteiger partial charge in [0.2, 0.25) is 0 Å². The summed E-state index contributed by atoms with van der Waals surface area (Å²) in [6, 6.07) is 7.10. The Morgan fingerprint density at radius 3 is 2.57 bits per heavy atom. The SMILES string of the molecule is CCNC(c1cc2c(C)ccc(C(C)(C)C)c2o1)C1CC1. The quantitative estimate of drug-likeness (QED) is 0.845. The molecule has 1 aromatic heterocycles. The molecule has 1 atom stereocenters. The van der Waals surface area contributed by atoms with Crippen LogP contribution in [-0.2, 0) is 5.41 Å². The Balaban J connectivity index is 2.12. The fourth-order valence-corrected chi connectivity index (χ4v) is 3.17. The van der Waals surface area contributed by atoms with E-state index in [4.69, 9.17) is 4.42 Å².